The van der Waals surface area contributed by atoms with Gasteiger partial charge in [0.1, 0.15) is 11.5 Å². The van der Waals surface area contributed by atoms with Gasteiger partial charge in [0, 0.05) is 11.3 Å². The van der Waals surface area contributed by atoms with E-state index >= 15 is 0 Å². The zero-order chi connectivity index (χ0) is 25.5. The van der Waals surface area contributed by atoms with E-state index in [-0.39, 0.29) is 17.2 Å². The number of hydrogen-bond donors (Lipinski definition) is 1. The molecule has 1 aromatic heterocycles. The number of halogens is 3. The Labute approximate surface area is 215 Å². The van der Waals surface area contributed by atoms with Gasteiger partial charge in [-0.25, -0.2) is 0 Å². The highest BCUT2D eigenvalue weighted by Gasteiger charge is 2.20. The van der Waals surface area contributed by atoms with Crippen molar-refractivity contribution in [2.45, 2.75) is 18.7 Å². The maximum atomic E-state index is 12.7. The maximum Gasteiger partial charge on any atom is 0.387 e. The number of hydrogen-bond acceptors (Lipinski definition) is 6. The number of aromatic nitrogens is 3. The van der Waals surface area contributed by atoms with Crippen LogP contribution in [-0.4, -0.2) is 39.6 Å². The van der Waals surface area contributed by atoms with Crippen molar-refractivity contribution in [2.75, 3.05) is 17.7 Å². The van der Waals surface area contributed by atoms with Gasteiger partial charge in [-0.05, 0) is 55.5 Å². The predicted molar refractivity (Wildman–Crippen MR) is 135 cm³/mol. The third kappa shape index (κ3) is 6.13. The minimum absolute atomic E-state index is 0.0549. The van der Waals surface area contributed by atoms with Crippen LogP contribution < -0.4 is 14.8 Å². The highest BCUT2D eigenvalue weighted by atomic mass is 35.5. The minimum Gasteiger partial charge on any atom is -0.494 e. The van der Waals surface area contributed by atoms with E-state index in [2.05, 4.69) is 20.3 Å². The summed E-state index contributed by atoms with van der Waals surface area (Å²) in [6.07, 6.45) is 0. The summed E-state index contributed by atoms with van der Waals surface area (Å²) in [5.74, 6) is 0.617. The van der Waals surface area contributed by atoms with Crippen LogP contribution in [0.4, 0.5) is 14.5 Å². The van der Waals surface area contributed by atoms with Crippen LogP contribution in [0.25, 0.3) is 17.1 Å². The Balaban J connectivity index is 1.59. The fourth-order valence-electron chi connectivity index (χ4n) is 3.36. The first-order chi connectivity index (χ1) is 17.5. The van der Waals surface area contributed by atoms with Crippen LogP contribution in [0.1, 0.15) is 6.92 Å². The lowest BCUT2D eigenvalue weighted by Crippen LogP contribution is -2.16. The van der Waals surface area contributed by atoms with Crippen LogP contribution in [-0.2, 0) is 4.79 Å². The molecule has 4 aromatic rings. The van der Waals surface area contributed by atoms with Crippen molar-refractivity contribution < 1.29 is 23.0 Å². The van der Waals surface area contributed by atoms with Crippen molar-refractivity contribution in [2.24, 2.45) is 0 Å². The summed E-state index contributed by atoms with van der Waals surface area (Å²) < 4.78 is 37.2. The number of benzene rings is 3. The van der Waals surface area contributed by atoms with Gasteiger partial charge in [-0.2, -0.15) is 8.78 Å². The lowest BCUT2D eigenvalue weighted by molar-refractivity contribution is -0.113. The first-order valence-electron chi connectivity index (χ1n) is 10.9. The summed E-state index contributed by atoms with van der Waals surface area (Å²) in [5, 5.41) is 12.2. The molecule has 0 aliphatic rings. The molecule has 0 fully saturated rings. The van der Waals surface area contributed by atoms with Crippen molar-refractivity contribution in [3.05, 3.63) is 77.8 Å². The molecular formula is C25H21ClF2N4O3S. The fourth-order valence-corrected chi connectivity index (χ4v) is 4.33. The van der Waals surface area contributed by atoms with Crippen molar-refractivity contribution >= 4 is 35.0 Å². The van der Waals surface area contributed by atoms with Crippen LogP contribution >= 0.6 is 23.4 Å². The van der Waals surface area contributed by atoms with E-state index in [4.69, 9.17) is 16.3 Å². The molecule has 0 aliphatic heterocycles. The molecule has 4 rings (SSSR count). The van der Waals surface area contributed by atoms with E-state index in [1.807, 2.05) is 49.4 Å². The zero-order valence-electron chi connectivity index (χ0n) is 19.0. The molecule has 1 N–H and O–H groups in total. The van der Waals surface area contributed by atoms with Crippen LogP contribution in [0.2, 0.25) is 5.02 Å². The monoisotopic (exact) mass is 530 g/mol. The lowest BCUT2D eigenvalue weighted by Gasteiger charge is -2.13. The second-order valence-electron chi connectivity index (χ2n) is 7.26. The summed E-state index contributed by atoms with van der Waals surface area (Å²) in [5.41, 5.74) is 1.57. The smallest absolute Gasteiger partial charge is 0.387 e. The van der Waals surface area contributed by atoms with Crippen LogP contribution in [0.5, 0.6) is 11.5 Å². The van der Waals surface area contributed by atoms with Gasteiger partial charge in [-0.3, -0.25) is 9.36 Å². The minimum atomic E-state index is -3.01. The summed E-state index contributed by atoms with van der Waals surface area (Å²) in [6.45, 7) is -0.562. The highest BCUT2D eigenvalue weighted by molar-refractivity contribution is 7.99. The number of carbonyl (C=O) groups is 1. The van der Waals surface area contributed by atoms with E-state index in [0.29, 0.717) is 33.9 Å². The molecule has 0 spiro atoms. The maximum absolute atomic E-state index is 12.7. The quantitative estimate of drug-likeness (QED) is 0.242. The average molecular weight is 531 g/mol. The Kier molecular flexibility index (Phi) is 8.40. The number of anilines is 1. The molecule has 1 amide bonds. The normalized spacial score (nSPS) is 10.9. The number of nitrogens with one attached hydrogen (secondary N) is 1. The van der Waals surface area contributed by atoms with E-state index in [1.54, 1.807) is 16.7 Å². The average Bonchev–Trinajstić information content (AvgIpc) is 3.28. The Morgan fingerprint density at radius 1 is 1.06 bits per heavy atom. The first-order valence-corrected chi connectivity index (χ1v) is 12.2. The largest absolute Gasteiger partial charge is 0.494 e. The number of nitrogens with zero attached hydrogens (tertiary/aromatic N) is 3. The Morgan fingerprint density at radius 2 is 1.78 bits per heavy atom. The van der Waals surface area contributed by atoms with Crippen molar-refractivity contribution in [1.82, 2.24) is 14.8 Å². The number of ether oxygens (including phenoxy) is 2. The van der Waals surface area contributed by atoms with Gasteiger partial charge in [-0.15, -0.1) is 10.2 Å². The van der Waals surface area contributed by atoms with Crippen LogP contribution in [0, 0.1) is 0 Å². The topological polar surface area (TPSA) is 78.3 Å². The number of amides is 1. The molecule has 36 heavy (non-hydrogen) atoms. The second-order valence-corrected chi connectivity index (χ2v) is 8.61. The molecule has 3 aromatic carbocycles. The third-order valence-corrected chi connectivity index (χ3v) is 6.12. The fraction of sp³-hybridized carbons (Fsp3) is 0.160. The summed E-state index contributed by atoms with van der Waals surface area (Å²) >= 11 is 7.56. The number of rotatable bonds is 10. The van der Waals surface area contributed by atoms with Gasteiger partial charge in [0.2, 0.25) is 5.91 Å². The number of alkyl halides is 2. The van der Waals surface area contributed by atoms with Gasteiger partial charge in [0.05, 0.1) is 23.1 Å². The molecule has 0 atom stereocenters. The molecule has 0 radical (unpaired) electrons. The summed E-state index contributed by atoms with van der Waals surface area (Å²) in [6, 6.07) is 20.6. The second kappa shape index (κ2) is 11.9. The standard InChI is InChI=1S/C25H21ClF2N4O3S/c1-2-34-17-13-11-16(12-14-17)32-23(18-7-3-4-8-19(18)26)30-31-25(32)36-15-22(33)29-20-9-5-6-10-21(20)35-24(27)28/h3-14,24H,2,15H2,1H3,(H,29,33). The van der Waals surface area contributed by atoms with Crippen LogP contribution in [0.3, 0.4) is 0 Å². The highest BCUT2D eigenvalue weighted by Crippen LogP contribution is 2.33. The van der Waals surface area contributed by atoms with Crippen LogP contribution in [0.15, 0.2) is 78.0 Å². The molecule has 0 bridgehead atoms. The van der Waals surface area contributed by atoms with Gasteiger partial charge in [-0.1, -0.05) is 47.6 Å². The molecule has 0 unspecified atom stereocenters. The Hall–Kier alpha value is -3.63. The predicted octanol–water partition coefficient (Wildman–Crippen LogP) is 6.32. The van der Waals surface area contributed by atoms with Crippen molar-refractivity contribution in [3.8, 4) is 28.6 Å². The molecule has 11 heteroatoms. The van der Waals surface area contributed by atoms with E-state index in [9.17, 15) is 13.6 Å². The number of carbonyl (C=O) groups excluding carboxylic acids is 1. The molecule has 186 valence electrons. The molecule has 7 nitrogen and oxygen atoms in total. The van der Waals surface area contributed by atoms with Crippen molar-refractivity contribution in [1.29, 1.82) is 0 Å². The van der Waals surface area contributed by atoms with Gasteiger partial charge >= 0.3 is 6.61 Å². The van der Waals surface area contributed by atoms with E-state index in [1.165, 1.54) is 18.2 Å². The zero-order valence-corrected chi connectivity index (χ0v) is 20.6. The molecular weight excluding hydrogens is 510 g/mol. The third-order valence-electron chi connectivity index (χ3n) is 4.86. The molecule has 0 saturated carbocycles. The molecule has 1 heterocycles. The van der Waals surface area contributed by atoms with E-state index in [0.717, 1.165) is 17.4 Å². The summed E-state index contributed by atoms with van der Waals surface area (Å²) in [4.78, 5) is 12.6. The number of para-hydroxylation sites is 2. The van der Waals surface area contributed by atoms with E-state index < -0.39 is 12.5 Å². The van der Waals surface area contributed by atoms with Crippen molar-refractivity contribution in [3.63, 3.8) is 0 Å². The summed E-state index contributed by atoms with van der Waals surface area (Å²) in [7, 11) is 0. The SMILES string of the molecule is CCOc1ccc(-n2c(SCC(=O)Nc3ccccc3OC(F)F)nnc2-c2ccccc2Cl)cc1. The number of thioether (sulfide) groups is 1. The first kappa shape index (κ1) is 25.5. The molecule has 0 saturated heterocycles. The van der Waals surface area contributed by atoms with Gasteiger partial charge in [0.25, 0.3) is 0 Å². The Bertz CT molecular complexity index is 1340. The molecule has 0 aliphatic carbocycles. The lowest BCUT2D eigenvalue weighted by atomic mass is 10.2. The van der Waals surface area contributed by atoms with Gasteiger partial charge in [0.15, 0.2) is 11.0 Å². The van der Waals surface area contributed by atoms with Gasteiger partial charge < -0.3 is 14.8 Å². The Morgan fingerprint density at radius 3 is 2.50 bits per heavy atom.